The maximum absolute atomic E-state index is 12.6. The van der Waals surface area contributed by atoms with Gasteiger partial charge in [0.05, 0.1) is 5.92 Å². The van der Waals surface area contributed by atoms with E-state index in [0.29, 0.717) is 13.1 Å². The summed E-state index contributed by atoms with van der Waals surface area (Å²) in [5.41, 5.74) is 11.4. The van der Waals surface area contributed by atoms with Crippen molar-refractivity contribution in [2.75, 3.05) is 18.0 Å². The zero-order valence-electron chi connectivity index (χ0n) is 16.6. The van der Waals surface area contributed by atoms with Crippen LogP contribution in [0.4, 0.5) is 5.69 Å². The smallest absolute Gasteiger partial charge is 0.227 e. The molecule has 0 spiro atoms. The van der Waals surface area contributed by atoms with Gasteiger partial charge in [-0.3, -0.25) is 9.59 Å². The number of aryl methyl sites for hydroxylation is 3. The zero-order valence-corrected chi connectivity index (χ0v) is 17.4. The molecule has 1 heterocycles. The van der Waals surface area contributed by atoms with Crippen molar-refractivity contribution in [2.45, 2.75) is 33.2 Å². The lowest BCUT2D eigenvalue weighted by atomic mass is 10.0. The molecule has 0 radical (unpaired) electrons. The number of hydrogen-bond donors (Lipinski definition) is 2. The van der Waals surface area contributed by atoms with Gasteiger partial charge in [0.25, 0.3) is 0 Å². The summed E-state index contributed by atoms with van der Waals surface area (Å²) in [5, 5.41) is 2.91. The molecule has 2 aromatic rings. The van der Waals surface area contributed by atoms with Crippen molar-refractivity contribution in [3.8, 4) is 0 Å². The Morgan fingerprint density at radius 1 is 1.18 bits per heavy atom. The predicted molar refractivity (Wildman–Crippen MR) is 115 cm³/mol. The fraction of sp³-hybridized carbons (Fsp3) is 0.364. The number of carbonyl (C=O) groups is 2. The van der Waals surface area contributed by atoms with Gasteiger partial charge < -0.3 is 16.0 Å². The zero-order chi connectivity index (χ0) is 19.6. The standard InChI is InChI=1S/C22H27N3O2.ClH/c1-14-9-15(2)21(16(3)10-14)25-13-18(11-20(25)26)22(27)24-12-19(23)17-7-5-4-6-8-17;/h4-10,18-19H,11-13,23H2,1-3H3,(H,24,27);1H. The first-order valence-electron chi connectivity index (χ1n) is 9.33. The lowest BCUT2D eigenvalue weighted by Crippen LogP contribution is -2.37. The Labute approximate surface area is 172 Å². The van der Waals surface area contributed by atoms with Crippen LogP contribution in [0, 0.1) is 26.7 Å². The van der Waals surface area contributed by atoms with Crippen molar-refractivity contribution >= 4 is 29.9 Å². The number of anilines is 1. The van der Waals surface area contributed by atoms with Crippen molar-refractivity contribution in [3.05, 3.63) is 64.7 Å². The van der Waals surface area contributed by atoms with Crippen molar-refractivity contribution in [1.82, 2.24) is 5.32 Å². The summed E-state index contributed by atoms with van der Waals surface area (Å²) >= 11 is 0. The highest BCUT2D eigenvalue weighted by molar-refractivity contribution is 6.01. The average Bonchev–Trinajstić information content (AvgIpc) is 3.01. The molecule has 1 aliphatic heterocycles. The number of amides is 2. The van der Waals surface area contributed by atoms with E-state index in [1.54, 1.807) is 4.90 Å². The van der Waals surface area contributed by atoms with Crippen molar-refractivity contribution in [1.29, 1.82) is 0 Å². The van der Waals surface area contributed by atoms with Gasteiger partial charge in [-0.1, -0.05) is 48.0 Å². The largest absolute Gasteiger partial charge is 0.354 e. The number of benzene rings is 2. The second-order valence-corrected chi connectivity index (χ2v) is 7.42. The minimum Gasteiger partial charge on any atom is -0.354 e. The summed E-state index contributed by atoms with van der Waals surface area (Å²) in [4.78, 5) is 26.9. The maximum Gasteiger partial charge on any atom is 0.227 e. The number of carbonyl (C=O) groups excluding carboxylic acids is 2. The number of hydrogen-bond acceptors (Lipinski definition) is 3. The Hall–Kier alpha value is -2.37. The van der Waals surface area contributed by atoms with Gasteiger partial charge in [-0.15, -0.1) is 12.4 Å². The molecule has 1 fully saturated rings. The SMILES string of the molecule is Cc1cc(C)c(N2CC(C(=O)NCC(N)c3ccccc3)CC2=O)c(C)c1.Cl. The van der Waals surface area contributed by atoms with Crippen LogP contribution in [0.25, 0.3) is 0 Å². The van der Waals surface area contributed by atoms with E-state index in [1.165, 1.54) is 5.56 Å². The molecule has 5 nitrogen and oxygen atoms in total. The van der Waals surface area contributed by atoms with Crippen molar-refractivity contribution in [2.24, 2.45) is 11.7 Å². The molecule has 0 saturated carbocycles. The molecule has 2 atom stereocenters. The van der Waals surface area contributed by atoms with Crippen LogP contribution in [0.2, 0.25) is 0 Å². The summed E-state index contributed by atoms with van der Waals surface area (Å²) in [6.45, 7) is 6.83. The van der Waals surface area contributed by atoms with Crippen LogP contribution in [-0.2, 0) is 9.59 Å². The molecule has 0 bridgehead atoms. The second-order valence-electron chi connectivity index (χ2n) is 7.42. The summed E-state index contributed by atoms with van der Waals surface area (Å²) in [6, 6.07) is 13.6. The first kappa shape index (κ1) is 21.9. The van der Waals surface area contributed by atoms with Crippen molar-refractivity contribution in [3.63, 3.8) is 0 Å². The van der Waals surface area contributed by atoms with Gasteiger partial charge in [-0.25, -0.2) is 0 Å². The molecular formula is C22H28ClN3O2. The lowest BCUT2D eigenvalue weighted by molar-refractivity contribution is -0.126. The maximum atomic E-state index is 12.6. The van der Waals surface area contributed by atoms with E-state index < -0.39 is 0 Å². The molecule has 3 rings (SSSR count). The third-order valence-corrected chi connectivity index (χ3v) is 5.13. The molecule has 150 valence electrons. The molecule has 2 aromatic carbocycles. The predicted octanol–water partition coefficient (Wildman–Crippen LogP) is 3.20. The highest BCUT2D eigenvalue weighted by atomic mass is 35.5. The van der Waals surface area contributed by atoms with Crippen LogP contribution in [0.15, 0.2) is 42.5 Å². The summed E-state index contributed by atoms with van der Waals surface area (Å²) in [6.07, 6.45) is 0.235. The Bertz CT molecular complexity index is 831. The molecule has 6 heteroatoms. The molecule has 2 amide bonds. The number of halogens is 1. The lowest BCUT2D eigenvalue weighted by Gasteiger charge is -2.22. The van der Waals surface area contributed by atoms with E-state index in [4.69, 9.17) is 5.73 Å². The number of nitrogens with two attached hydrogens (primary N) is 1. The van der Waals surface area contributed by atoms with Gasteiger partial charge in [0.1, 0.15) is 0 Å². The van der Waals surface area contributed by atoms with Gasteiger partial charge in [0, 0.05) is 31.2 Å². The van der Waals surface area contributed by atoms with Gasteiger partial charge in [-0.2, -0.15) is 0 Å². The third-order valence-electron chi connectivity index (χ3n) is 5.13. The minimum absolute atomic E-state index is 0. The molecule has 1 aliphatic rings. The van der Waals surface area contributed by atoms with Crippen molar-refractivity contribution < 1.29 is 9.59 Å². The van der Waals surface area contributed by atoms with E-state index in [1.807, 2.05) is 51.1 Å². The van der Waals surface area contributed by atoms with Gasteiger partial charge in [0.15, 0.2) is 0 Å². The molecule has 28 heavy (non-hydrogen) atoms. The average molecular weight is 402 g/mol. The third kappa shape index (κ3) is 4.72. The molecular weight excluding hydrogens is 374 g/mol. The first-order chi connectivity index (χ1) is 12.9. The Kier molecular flexibility index (Phi) is 7.22. The number of nitrogens with one attached hydrogen (secondary N) is 1. The second kappa shape index (κ2) is 9.22. The molecule has 0 aromatic heterocycles. The Morgan fingerprint density at radius 2 is 1.79 bits per heavy atom. The van der Waals surface area contributed by atoms with Gasteiger partial charge >= 0.3 is 0 Å². The number of rotatable bonds is 5. The fourth-order valence-corrected chi connectivity index (χ4v) is 3.87. The van der Waals surface area contributed by atoms with E-state index in [2.05, 4.69) is 17.4 Å². The van der Waals surface area contributed by atoms with Crippen LogP contribution < -0.4 is 16.0 Å². The molecule has 3 N–H and O–H groups in total. The minimum atomic E-state index is -0.347. The van der Waals surface area contributed by atoms with Crippen LogP contribution in [0.3, 0.4) is 0 Å². The van der Waals surface area contributed by atoms with Gasteiger partial charge in [-0.05, 0) is 37.5 Å². The van der Waals surface area contributed by atoms with E-state index in [0.717, 1.165) is 22.4 Å². The Morgan fingerprint density at radius 3 is 2.39 bits per heavy atom. The van der Waals surface area contributed by atoms with E-state index >= 15 is 0 Å². The summed E-state index contributed by atoms with van der Waals surface area (Å²) < 4.78 is 0. The van der Waals surface area contributed by atoms with Crippen LogP contribution in [0.5, 0.6) is 0 Å². The summed E-state index contributed by atoms with van der Waals surface area (Å²) in [5.74, 6) is -0.460. The summed E-state index contributed by atoms with van der Waals surface area (Å²) in [7, 11) is 0. The molecule has 1 saturated heterocycles. The quantitative estimate of drug-likeness (QED) is 0.807. The normalized spacial score (nSPS) is 17.2. The fourth-order valence-electron chi connectivity index (χ4n) is 3.87. The number of nitrogens with zero attached hydrogens (tertiary/aromatic N) is 1. The Balaban J connectivity index is 0.00000280. The highest BCUT2D eigenvalue weighted by Crippen LogP contribution is 2.31. The van der Waals surface area contributed by atoms with Gasteiger partial charge in [0.2, 0.25) is 11.8 Å². The van der Waals surface area contributed by atoms with Crippen LogP contribution in [0.1, 0.15) is 34.7 Å². The van der Waals surface area contributed by atoms with Crippen LogP contribution in [-0.4, -0.2) is 24.9 Å². The molecule has 0 aliphatic carbocycles. The highest BCUT2D eigenvalue weighted by Gasteiger charge is 2.36. The van der Waals surface area contributed by atoms with E-state index in [-0.39, 0.29) is 42.6 Å². The monoisotopic (exact) mass is 401 g/mol. The first-order valence-corrected chi connectivity index (χ1v) is 9.33. The van der Waals surface area contributed by atoms with Crippen LogP contribution >= 0.6 is 12.4 Å². The molecule has 2 unspecified atom stereocenters. The van der Waals surface area contributed by atoms with E-state index in [9.17, 15) is 9.59 Å². The topological polar surface area (TPSA) is 75.4 Å².